The summed E-state index contributed by atoms with van der Waals surface area (Å²) in [5.41, 5.74) is 0. The predicted octanol–water partition coefficient (Wildman–Crippen LogP) is 1.33. The summed E-state index contributed by atoms with van der Waals surface area (Å²) in [6.45, 7) is 2.29. The van der Waals surface area contributed by atoms with Crippen LogP contribution >= 0.6 is 0 Å². The summed E-state index contributed by atoms with van der Waals surface area (Å²) < 4.78 is 4.76. The minimum absolute atomic E-state index is 0.00926. The number of nitrogens with one attached hydrogen (secondary N) is 1. The summed E-state index contributed by atoms with van der Waals surface area (Å²) in [4.78, 5) is 11.2. The molecule has 1 saturated carbocycles. The third-order valence-corrected chi connectivity index (χ3v) is 2.45. The van der Waals surface area contributed by atoms with Gasteiger partial charge in [0.05, 0.1) is 0 Å². The molecule has 1 aliphatic carbocycles. The molecule has 0 aromatic rings. The van der Waals surface area contributed by atoms with Gasteiger partial charge in [0.15, 0.2) is 0 Å². The Kier molecular flexibility index (Phi) is 4.22. The first-order chi connectivity index (χ1) is 6.26. The zero-order chi connectivity index (χ0) is 9.68. The lowest BCUT2D eigenvalue weighted by Crippen LogP contribution is -2.36. The van der Waals surface area contributed by atoms with Gasteiger partial charge in [0, 0.05) is 13.2 Å². The largest absolute Gasteiger partial charge is 0.375 e. The molecule has 0 aliphatic heterocycles. The van der Waals surface area contributed by atoms with Crippen LogP contribution in [0.25, 0.3) is 0 Å². The van der Waals surface area contributed by atoms with E-state index >= 15 is 0 Å². The molecule has 0 bridgehead atoms. The molecule has 1 unspecified atom stereocenters. The van der Waals surface area contributed by atoms with E-state index in [-0.39, 0.29) is 12.5 Å². The van der Waals surface area contributed by atoms with Crippen LogP contribution in [0.1, 0.15) is 32.6 Å². The minimum atomic E-state index is 0.00926. The lowest BCUT2D eigenvalue weighted by Gasteiger charge is -2.15. The Morgan fingerprint density at radius 3 is 2.77 bits per heavy atom. The van der Waals surface area contributed by atoms with Crippen LogP contribution < -0.4 is 5.32 Å². The van der Waals surface area contributed by atoms with E-state index in [1.807, 2.05) is 0 Å². The highest BCUT2D eigenvalue weighted by atomic mass is 16.5. The van der Waals surface area contributed by atoms with E-state index in [1.54, 1.807) is 7.11 Å². The maximum Gasteiger partial charge on any atom is 0.246 e. The summed E-state index contributed by atoms with van der Waals surface area (Å²) in [5, 5.41) is 2.98. The number of rotatable bonds is 6. The topological polar surface area (TPSA) is 38.3 Å². The van der Waals surface area contributed by atoms with Gasteiger partial charge in [-0.2, -0.15) is 0 Å². The van der Waals surface area contributed by atoms with Gasteiger partial charge in [0.25, 0.3) is 0 Å². The highest BCUT2D eigenvalue weighted by molar-refractivity contribution is 5.77. The smallest absolute Gasteiger partial charge is 0.246 e. The van der Waals surface area contributed by atoms with Crippen LogP contribution in [0, 0.1) is 5.92 Å². The third-order valence-electron chi connectivity index (χ3n) is 2.45. The highest BCUT2D eigenvalue weighted by Crippen LogP contribution is 2.33. The summed E-state index contributed by atoms with van der Waals surface area (Å²) in [7, 11) is 1.54. The average molecular weight is 185 g/mol. The van der Waals surface area contributed by atoms with Crippen LogP contribution in [0.3, 0.4) is 0 Å². The number of hydrogen-bond acceptors (Lipinski definition) is 2. The quantitative estimate of drug-likeness (QED) is 0.678. The lowest BCUT2D eigenvalue weighted by molar-refractivity contribution is -0.125. The molecular weight excluding hydrogens is 166 g/mol. The Hall–Kier alpha value is -0.570. The SMILES string of the molecule is CCC(CC1CC1)NC(=O)COC. The van der Waals surface area contributed by atoms with Crippen molar-refractivity contribution in [1.82, 2.24) is 5.32 Å². The molecule has 0 radical (unpaired) electrons. The Bertz CT molecular complexity index is 166. The summed E-state index contributed by atoms with van der Waals surface area (Å²) >= 11 is 0. The van der Waals surface area contributed by atoms with Crippen LogP contribution in [0.2, 0.25) is 0 Å². The van der Waals surface area contributed by atoms with E-state index in [2.05, 4.69) is 12.2 Å². The molecule has 0 spiro atoms. The molecule has 1 rings (SSSR count). The predicted molar refractivity (Wildman–Crippen MR) is 51.4 cm³/mol. The van der Waals surface area contributed by atoms with Crippen molar-refractivity contribution in [2.75, 3.05) is 13.7 Å². The molecular formula is C10H19NO2. The van der Waals surface area contributed by atoms with Gasteiger partial charge in [-0.05, 0) is 18.8 Å². The molecule has 0 heterocycles. The fraction of sp³-hybridized carbons (Fsp3) is 0.900. The van der Waals surface area contributed by atoms with Crippen molar-refractivity contribution in [3.8, 4) is 0 Å². The standard InChI is InChI=1S/C10H19NO2/c1-3-9(6-8-4-5-8)11-10(12)7-13-2/h8-9H,3-7H2,1-2H3,(H,11,12). The first-order valence-corrected chi connectivity index (χ1v) is 5.04. The fourth-order valence-corrected chi connectivity index (χ4v) is 1.48. The average Bonchev–Trinajstić information content (AvgIpc) is 2.87. The summed E-state index contributed by atoms with van der Waals surface area (Å²) in [6.07, 6.45) is 4.85. The molecule has 1 aliphatic rings. The van der Waals surface area contributed by atoms with Crippen LogP contribution in [0.5, 0.6) is 0 Å². The van der Waals surface area contributed by atoms with Crippen molar-refractivity contribution in [3.63, 3.8) is 0 Å². The summed E-state index contributed by atoms with van der Waals surface area (Å²) in [5.74, 6) is 0.878. The zero-order valence-corrected chi connectivity index (χ0v) is 8.51. The minimum Gasteiger partial charge on any atom is -0.375 e. The van der Waals surface area contributed by atoms with E-state index < -0.39 is 0 Å². The van der Waals surface area contributed by atoms with Crippen molar-refractivity contribution in [3.05, 3.63) is 0 Å². The van der Waals surface area contributed by atoms with Crippen molar-refractivity contribution < 1.29 is 9.53 Å². The zero-order valence-electron chi connectivity index (χ0n) is 8.51. The molecule has 1 amide bonds. The van der Waals surface area contributed by atoms with Crippen molar-refractivity contribution >= 4 is 5.91 Å². The number of carbonyl (C=O) groups excluding carboxylic acids is 1. The van der Waals surface area contributed by atoms with E-state index in [0.717, 1.165) is 18.8 Å². The molecule has 1 atom stereocenters. The molecule has 13 heavy (non-hydrogen) atoms. The Morgan fingerprint density at radius 1 is 1.62 bits per heavy atom. The van der Waals surface area contributed by atoms with Gasteiger partial charge in [-0.1, -0.05) is 19.8 Å². The molecule has 3 nitrogen and oxygen atoms in total. The van der Waals surface area contributed by atoms with Crippen molar-refractivity contribution in [2.24, 2.45) is 5.92 Å². The molecule has 3 heteroatoms. The number of ether oxygens (including phenoxy) is 1. The third kappa shape index (κ3) is 4.27. The first kappa shape index (κ1) is 10.5. The molecule has 0 saturated heterocycles. The number of hydrogen-bond donors (Lipinski definition) is 1. The Balaban J connectivity index is 2.17. The van der Waals surface area contributed by atoms with Crippen LogP contribution in [-0.4, -0.2) is 25.7 Å². The van der Waals surface area contributed by atoms with Crippen molar-refractivity contribution in [1.29, 1.82) is 0 Å². The highest BCUT2D eigenvalue weighted by Gasteiger charge is 2.25. The molecule has 1 fully saturated rings. The number of amides is 1. The van der Waals surface area contributed by atoms with Crippen LogP contribution in [-0.2, 0) is 9.53 Å². The monoisotopic (exact) mass is 185 g/mol. The van der Waals surface area contributed by atoms with E-state index in [9.17, 15) is 4.79 Å². The lowest BCUT2D eigenvalue weighted by atomic mass is 10.1. The van der Waals surface area contributed by atoms with Gasteiger partial charge in [-0.3, -0.25) is 4.79 Å². The maximum atomic E-state index is 11.2. The van der Waals surface area contributed by atoms with Gasteiger partial charge in [0.2, 0.25) is 5.91 Å². The van der Waals surface area contributed by atoms with Crippen LogP contribution in [0.4, 0.5) is 0 Å². The summed E-state index contributed by atoms with van der Waals surface area (Å²) in [6, 6.07) is 0.357. The molecule has 1 N–H and O–H groups in total. The van der Waals surface area contributed by atoms with E-state index in [1.165, 1.54) is 12.8 Å². The second kappa shape index (κ2) is 5.22. The first-order valence-electron chi connectivity index (χ1n) is 5.04. The molecule has 0 aromatic carbocycles. The normalized spacial score (nSPS) is 18.3. The second-order valence-electron chi connectivity index (χ2n) is 3.78. The van der Waals surface area contributed by atoms with E-state index in [4.69, 9.17) is 4.74 Å². The van der Waals surface area contributed by atoms with E-state index in [0.29, 0.717) is 6.04 Å². The number of carbonyl (C=O) groups is 1. The van der Waals surface area contributed by atoms with Gasteiger partial charge in [-0.15, -0.1) is 0 Å². The molecule has 0 aromatic heterocycles. The maximum absolute atomic E-state index is 11.2. The fourth-order valence-electron chi connectivity index (χ4n) is 1.48. The van der Waals surface area contributed by atoms with Gasteiger partial charge >= 0.3 is 0 Å². The number of methoxy groups -OCH3 is 1. The van der Waals surface area contributed by atoms with Crippen LogP contribution in [0.15, 0.2) is 0 Å². The Labute approximate surface area is 79.8 Å². The van der Waals surface area contributed by atoms with Gasteiger partial charge in [0.1, 0.15) is 6.61 Å². The second-order valence-corrected chi connectivity index (χ2v) is 3.78. The Morgan fingerprint density at radius 2 is 2.31 bits per heavy atom. The van der Waals surface area contributed by atoms with Gasteiger partial charge < -0.3 is 10.1 Å². The van der Waals surface area contributed by atoms with Gasteiger partial charge in [-0.25, -0.2) is 0 Å². The van der Waals surface area contributed by atoms with Crippen molar-refractivity contribution in [2.45, 2.75) is 38.6 Å². The molecule has 76 valence electrons.